The summed E-state index contributed by atoms with van der Waals surface area (Å²) >= 11 is 0. The minimum atomic E-state index is 0.654. The SMILES string of the molecule is C=C(NC1=NC=C1C)c1ccc2c(c1)CCC(CCC)C2=C. The van der Waals surface area contributed by atoms with E-state index < -0.39 is 0 Å². The Labute approximate surface area is 133 Å². The molecule has 0 fully saturated rings. The van der Waals surface area contributed by atoms with E-state index >= 15 is 0 Å². The first-order valence-electron chi connectivity index (χ1n) is 8.13. The standard InChI is InChI=1S/C20H24N2/c1-5-6-16-7-8-18-11-17(9-10-19(18)14(16)3)15(4)22-20-13(2)12-21-20/h9-12,16H,3-8H2,1-2H3,(H,21,22). The monoisotopic (exact) mass is 292 g/mol. The zero-order chi connectivity index (χ0) is 15.7. The molecule has 0 saturated carbocycles. The molecule has 1 atom stereocenters. The first kappa shape index (κ1) is 14.8. The summed E-state index contributed by atoms with van der Waals surface area (Å²) in [6.07, 6.45) is 6.70. The van der Waals surface area contributed by atoms with Crippen LogP contribution in [0.2, 0.25) is 0 Å². The third kappa shape index (κ3) is 2.66. The van der Waals surface area contributed by atoms with Crippen molar-refractivity contribution < 1.29 is 0 Å². The summed E-state index contributed by atoms with van der Waals surface area (Å²) in [5, 5.41) is 3.29. The van der Waals surface area contributed by atoms with E-state index in [4.69, 9.17) is 0 Å². The van der Waals surface area contributed by atoms with Crippen LogP contribution in [0.25, 0.3) is 11.3 Å². The van der Waals surface area contributed by atoms with Gasteiger partial charge in [-0.2, -0.15) is 0 Å². The Morgan fingerprint density at radius 3 is 2.86 bits per heavy atom. The summed E-state index contributed by atoms with van der Waals surface area (Å²) in [6.45, 7) is 12.8. The van der Waals surface area contributed by atoms with Gasteiger partial charge in [0.2, 0.25) is 0 Å². The van der Waals surface area contributed by atoms with E-state index in [1.807, 2.05) is 13.1 Å². The lowest BCUT2D eigenvalue weighted by atomic mass is 9.78. The third-order valence-electron chi connectivity index (χ3n) is 4.72. The lowest BCUT2D eigenvalue weighted by molar-refractivity contribution is 0.539. The van der Waals surface area contributed by atoms with Gasteiger partial charge in [-0.1, -0.05) is 38.6 Å². The van der Waals surface area contributed by atoms with E-state index in [1.165, 1.54) is 41.5 Å². The van der Waals surface area contributed by atoms with E-state index in [2.05, 4.69) is 48.6 Å². The van der Waals surface area contributed by atoms with Crippen LogP contribution in [-0.4, -0.2) is 5.84 Å². The van der Waals surface area contributed by atoms with Crippen molar-refractivity contribution in [3.63, 3.8) is 0 Å². The molecule has 3 rings (SSSR count). The fourth-order valence-corrected chi connectivity index (χ4v) is 3.30. The van der Waals surface area contributed by atoms with Crippen LogP contribution in [0.4, 0.5) is 0 Å². The lowest BCUT2D eigenvalue weighted by Crippen LogP contribution is -2.26. The van der Waals surface area contributed by atoms with Crippen LogP contribution >= 0.6 is 0 Å². The number of hydrogen-bond acceptors (Lipinski definition) is 2. The highest BCUT2D eigenvalue weighted by Crippen LogP contribution is 2.37. The Balaban J connectivity index is 1.77. The average molecular weight is 292 g/mol. The summed E-state index contributed by atoms with van der Waals surface area (Å²) in [4.78, 5) is 4.21. The molecule has 1 aromatic rings. The second kappa shape index (κ2) is 5.96. The minimum absolute atomic E-state index is 0.654. The van der Waals surface area contributed by atoms with Gasteiger partial charge >= 0.3 is 0 Å². The molecule has 2 aliphatic rings. The number of hydrogen-bond donors (Lipinski definition) is 1. The Morgan fingerprint density at radius 1 is 1.41 bits per heavy atom. The van der Waals surface area contributed by atoms with Crippen molar-refractivity contribution >= 4 is 17.1 Å². The maximum atomic E-state index is 4.35. The van der Waals surface area contributed by atoms with Crippen molar-refractivity contribution in [3.05, 3.63) is 59.8 Å². The molecule has 1 N–H and O–H groups in total. The molecule has 2 nitrogen and oxygen atoms in total. The topological polar surface area (TPSA) is 24.4 Å². The lowest BCUT2D eigenvalue weighted by Gasteiger charge is -2.28. The van der Waals surface area contributed by atoms with Gasteiger partial charge in [0.05, 0.1) is 0 Å². The maximum Gasteiger partial charge on any atom is 0.134 e. The summed E-state index contributed by atoms with van der Waals surface area (Å²) in [6, 6.07) is 6.62. The fraction of sp³-hybridized carbons (Fsp3) is 0.350. The van der Waals surface area contributed by atoms with Crippen LogP contribution in [0, 0.1) is 5.92 Å². The molecule has 0 radical (unpaired) electrons. The van der Waals surface area contributed by atoms with Gasteiger partial charge in [0, 0.05) is 17.5 Å². The molecule has 1 aromatic carbocycles. The smallest absolute Gasteiger partial charge is 0.134 e. The first-order chi connectivity index (χ1) is 10.6. The highest BCUT2D eigenvalue weighted by atomic mass is 15.0. The van der Waals surface area contributed by atoms with Gasteiger partial charge in [-0.25, -0.2) is 4.99 Å². The fourth-order valence-electron chi connectivity index (χ4n) is 3.30. The van der Waals surface area contributed by atoms with Gasteiger partial charge < -0.3 is 5.32 Å². The van der Waals surface area contributed by atoms with Crippen molar-refractivity contribution in [3.8, 4) is 0 Å². The van der Waals surface area contributed by atoms with E-state index in [-0.39, 0.29) is 0 Å². The minimum Gasteiger partial charge on any atom is -0.340 e. The Kier molecular flexibility index (Phi) is 4.02. The third-order valence-corrected chi connectivity index (χ3v) is 4.72. The summed E-state index contributed by atoms with van der Waals surface area (Å²) in [5.41, 5.74) is 7.29. The van der Waals surface area contributed by atoms with Gasteiger partial charge in [-0.3, -0.25) is 0 Å². The molecule has 1 heterocycles. The summed E-state index contributed by atoms with van der Waals surface area (Å²) in [7, 11) is 0. The number of nitrogens with one attached hydrogen (secondary N) is 1. The highest BCUT2D eigenvalue weighted by molar-refractivity contribution is 6.06. The number of aliphatic imine (C=N–C) groups is 1. The maximum absolute atomic E-state index is 4.35. The number of nitrogens with zero attached hydrogens (tertiary/aromatic N) is 1. The van der Waals surface area contributed by atoms with Crippen LogP contribution < -0.4 is 5.32 Å². The molecule has 0 saturated heterocycles. The van der Waals surface area contributed by atoms with E-state index in [0.717, 1.165) is 23.5 Å². The predicted octanol–water partition coefficient (Wildman–Crippen LogP) is 4.94. The zero-order valence-corrected chi connectivity index (χ0v) is 13.6. The van der Waals surface area contributed by atoms with Crippen LogP contribution in [0.3, 0.4) is 0 Å². The van der Waals surface area contributed by atoms with Crippen molar-refractivity contribution in [2.24, 2.45) is 10.9 Å². The van der Waals surface area contributed by atoms with Crippen molar-refractivity contribution in [2.45, 2.75) is 39.5 Å². The van der Waals surface area contributed by atoms with Gasteiger partial charge in [-0.05, 0) is 60.4 Å². The molecular formula is C20H24N2. The molecule has 1 unspecified atom stereocenters. The number of aryl methyl sites for hydroxylation is 1. The molecule has 0 bridgehead atoms. The average Bonchev–Trinajstić information content (AvgIpc) is 2.53. The summed E-state index contributed by atoms with van der Waals surface area (Å²) < 4.78 is 0. The first-order valence-corrected chi connectivity index (χ1v) is 8.13. The molecule has 0 spiro atoms. The van der Waals surface area contributed by atoms with Gasteiger partial charge in [0.1, 0.15) is 5.84 Å². The molecule has 2 heteroatoms. The van der Waals surface area contributed by atoms with Crippen molar-refractivity contribution in [2.75, 3.05) is 0 Å². The molecular weight excluding hydrogens is 268 g/mol. The van der Waals surface area contributed by atoms with Gasteiger partial charge in [-0.15, -0.1) is 0 Å². The summed E-state index contributed by atoms with van der Waals surface area (Å²) in [5.74, 6) is 1.58. The molecule has 22 heavy (non-hydrogen) atoms. The number of benzene rings is 1. The second-order valence-electron chi connectivity index (χ2n) is 6.31. The Bertz CT molecular complexity index is 692. The van der Waals surface area contributed by atoms with E-state index in [9.17, 15) is 0 Å². The molecule has 0 aromatic heterocycles. The van der Waals surface area contributed by atoms with Gasteiger partial charge in [0.25, 0.3) is 0 Å². The second-order valence-corrected chi connectivity index (χ2v) is 6.31. The largest absolute Gasteiger partial charge is 0.340 e. The number of amidine groups is 1. The van der Waals surface area contributed by atoms with Crippen LogP contribution in [0.1, 0.15) is 49.8 Å². The quantitative estimate of drug-likeness (QED) is 0.835. The van der Waals surface area contributed by atoms with Crippen molar-refractivity contribution in [1.82, 2.24) is 5.32 Å². The van der Waals surface area contributed by atoms with Crippen LogP contribution in [-0.2, 0) is 6.42 Å². The van der Waals surface area contributed by atoms with Crippen LogP contribution in [0.15, 0.2) is 48.1 Å². The van der Waals surface area contributed by atoms with E-state index in [1.54, 1.807) is 0 Å². The predicted molar refractivity (Wildman–Crippen MR) is 95.6 cm³/mol. The molecule has 114 valence electrons. The van der Waals surface area contributed by atoms with Crippen molar-refractivity contribution in [1.29, 1.82) is 0 Å². The van der Waals surface area contributed by atoms with E-state index in [0.29, 0.717) is 5.92 Å². The molecule has 0 amide bonds. The Morgan fingerprint density at radius 2 is 2.23 bits per heavy atom. The zero-order valence-electron chi connectivity index (χ0n) is 13.6. The molecule has 1 aliphatic carbocycles. The molecule has 1 aliphatic heterocycles. The normalized spacial score (nSPS) is 19.7. The number of allylic oxidation sites excluding steroid dienone is 1. The van der Waals surface area contributed by atoms with Crippen LogP contribution in [0.5, 0.6) is 0 Å². The van der Waals surface area contributed by atoms with Gasteiger partial charge in [0.15, 0.2) is 0 Å². The Hall–Kier alpha value is -2.09. The number of rotatable bonds is 4. The number of fused-ring (bicyclic) bond motifs is 1. The highest BCUT2D eigenvalue weighted by Gasteiger charge is 2.22.